The first-order valence-electron chi connectivity index (χ1n) is 8.17. The van der Waals surface area contributed by atoms with Crippen LogP contribution in [0, 0.1) is 6.92 Å². The van der Waals surface area contributed by atoms with Gasteiger partial charge >= 0.3 is 0 Å². The van der Waals surface area contributed by atoms with Crippen LogP contribution in [0.3, 0.4) is 0 Å². The number of nitrogens with one attached hydrogen (secondary N) is 2. The molecular formula is C16H21N5O4S. The van der Waals surface area contributed by atoms with Gasteiger partial charge in [-0.1, -0.05) is 0 Å². The summed E-state index contributed by atoms with van der Waals surface area (Å²) in [6, 6.07) is 4.64. The molecular weight excluding hydrogens is 358 g/mol. The van der Waals surface area contributed by atoms with E-state index in [2.05, 4.69) is 20.2 Å². The minimum Gasteiger partial charge on any atom is -0.495 e. The maximum Gasteiger partial charge on any atom is 0.241 e. The predicted octanol–water partition coefficient (Wildman–Crippen LogP) is 1.37. The fourth-order valence-electron chi connectivity index (χ4n) is 2.73. The molecule has 140 valence electrons. The van der Waals surface area contributed by atoms with Crippen molar-refractivity contribution in [2.24, 2.45) is 0 Å². The Morgan fingerprint density at radius 1 is 1.35 bits per heavy atom. The van der Waals surface area contributed by atoms with Crippen LogP contribution < -0.4 is 14.8 Å². The van der Waals surface area contributed by atoms with E-state index >= 15 is 0 Å². The van der Waals surface area contributed by atoms with Gasteiger partial charge in [-0.05, 0) is 38.0 Å². The van der Waals surface area contributed by atoms with E-state index in [1.807, 2.05) is 11.5 Å². The Morgan fingerprint density at radius 3 is 2.69 bits per heavy atom. The van der Waals surface area contributed by atoms with E-state index in [0.717, 1.165) is 18.7 Å². The van der Waals surface area contributed by atoms with Crippen molar-refractivity contribution in [1.29, 1.82) is 0 Å². The standard InChI is InChI=1S/C16H21N5O4S/c1-10-19-20-16(21(10)12-4-5-12)9-17-26(23,24)13-6-7-15(25-3)14(8-13)18-11(2)22/h6-8,12,17H,4-5,9H2,1-3H3,(H,18,22). The molecule has 1 aliphatic rings. The van der Waals surface area contributed by atoms with E-state index in [4.69, 9.17) is 4.74 Å². The highest BCUT2D eigenvalue weighted by molar-refractivity contribution is 7.89. The normalized spacial score (nSPS) is 14.3. The van der Waals surface area contributed by atoms with Crippen LogP contribution in [0.25, 0.3) is 0 Å². The lowest BCUT2D eigenvalue weighted by atomic mass is 10.3. The van der Waals surface area contributed by atoms with Gasteiger partial charge in [-0.15, -0.1) is 10.2 Å². The molecule has 3 rings (SSSR count). The molecule has 26 heavy (non-hydrogen) atoms. The van der Waals surface area contributed by atoms with Crippen LogP contribution in [0.5, 0.6) is 5.75 Å². The summed E-state index contributed by atoms with van der Waals surface area (Å²) in [4.78, 5) is 11.3. The smallest absolute Gasteiger partial charge is 0.241 e. The molecule has 0 atom stereocenters. The zero-order valence-electron chi connectivity index (χ0n) is 14.8. The van der Waals surface area contributed by atoms with Gasteiger partial charge in [0.1, 0.15) is 17.4 Å². The van der Waals surface area contributed by atoms with Crippen LogP contribution >= 0.6 is 0 Å². The molecule has 0 radical (unpaired) electrons. The summed E-state index contributed by atoms with van der Waals surface area (Å²) >= 11 is 0. The third kappa shape index (κ3) is 3.86. The summed E-state index contributed by atoms with van der Waals surface area (Å²) in [6.07, 6.45) is 2.11. The van der Waals surface area contributed by atoms with Gasteiger partial charge in [0.25, 0.3) is 0 Å². The van der Waals surface area contributed by atoms with E-state index in [-0.39, 0.29) is 17.3 Å². The largest absolute Gasteiger partial charge is 0.495 e. The zero-order chi connectivity index (χ0) is 18.9. The second-order valence-electron chi connectivity index (χ2n) is 6.13. The quantitative estimate of drug-likeness (QED) is 0.751. The zero-order valence-corrected chi connectivity index (χ0v) is 15.6. The number of carbonyl (C=O) groups is 1. The van der Waals surface area contributed by atoms with Crippen LogP contribution in [0.2, 0.25) is 0 Å². The number of ether oxygens (including phenoxy) is 1. The molecule has 1 saturated carbocycles. The number of aryl methyl sites for hydroxylation is 1. The molecule has 2 aromatic rings. The Morgan fingerprint density at radius 2 is 2.08 bits per heavy atom. The molecule has 0 unspecified atom stereocenters. The maximum atomic E-state index is 12.6. The lowest BCUT2D eigenvalue weighted by molar-refractivity contribution is -0.114. The molecule has 0 spiro atoms. The lowest BCUT2D eigenvalue weighted by Crippen LogP contribution is -2.25. The SMILES string of the molecule is COc1ccc(S(=O)(=O)NCc2nnc(C)n2C2CC2)cc1NC(C)=O. The third-order valence-electron chi connectivity index (χ3n) is 4.06. The van der Waals surface area contributed by atoms with E-state index < -0.39 is 10.0 Å². The van der Waals surface area contributed by atoms with Gasteiger partial charge in [-0.25, -0.2) is 13.1 Å². The van der Waals surface area contributed by atoms with Gasteiger partial charge in [0.15, 0.2) is 0 Å². The van der Waals surface area contributed by atoms with Crippen molar-refractivity contribution >= 4 is 21.6 Å². The summed E-state index contributed by atoms with van der Waals surface area (Å²) in [5.41, 5.74) is 0.292. The molecule has 1 heterocycles. The van der Waals surface area contributed by atoms with Crippen LogP contribution in [0.15, 0.2) is 23.1 Å². The lowest BCUT2D eigenvalue weighted by Gasteiger charge is -2.12. The number of hydrogen-bond acceptors (Lipinski definition) is 6. The molecule has 0 bridgehead atoms. The van der Waals surface area contributed by atoms with E-state index in [1.165, 1.54) is 32.2 Å². The summed E-state index contributed by atoms with van der Waals surface area (Å²) in [5, 5.41) is 10.7. The van der Waals surface area contributed by atoms with Gasteiger partial charge in [-0.2, -0.15) is 0 Å². The molecule has 0 saturated heterocycles. The molecule has 1 aromatic carbocycles. The first-order chi connectivity index (χ1) is 12.3. The summed E-state index contributed by atoms with van der Waals surface area (Å²) in [6.45, 7) is 3.24. The van der Waals surface area contributed by atoms with Gasteiger partial charge in [0.05, 0.1) is 24.2 Å². The topological polar surface area (TPSA) is 115 Å². The Kier molecular flexibility index (Phi) is 4.97. The van der Waals surface area contributed by atoms with Crippen molar-refractivity contribution in [3.63, 3.8) is 0 Å². The van der Waals surface area contributed by atoms with E-state index in [0.29, 0.717) is 23.3 Å². The summed E-state index contributed by atoms with van der Waals surface area (Å²) in [5.74, 6) is 1.42. The highest BCUT2D eigenvalue weighted by Crippen LogP contribution is 2.36. The maximum absolute atomic E-state index is 12.6. The fourth-order valence-corrected chi connectivity index (χ4v) is 3.73. The Bertz CT molecular complexity index is 934. The molecule has 1 amide bonds. The molecule has 1 fully saturated rings. The van der Waals surface area contributed by atoms with Crippen molar-refractivity contribution in [2.45, 2.75) is 44.2 Å². The number of sulfonamides is 1. The number of amides is 1. The number of anilines is 1. The first kappa shape index (κ1) is 18.3. The Hall–Kier alpha value is -2.46. The highest BCUT2D eigenvalue weighted by Gasteiger charge is 2.28. The van der Waals surface area contributed by atoms with Gasteiger partial charge in [0.2, 0.25) is 15.9 Å². The number of benzene rings is 1. The summed E-state index contributed by atoms with van der Waals surface area (Å²) < 4.78 is 34.9. The van der Waals surface area contributed by atoms with Crippen molar-refractivity contribution in [2.75, 3.05) is 12.4 Å². The predicted molar refractivity (Wildman–Crippen MR) is 94.4 cm³/mol. The molecule has 1 aliphatic carbocycles. The number of aromatic nitrogens is 3. The Labute approximate surface area is 151 Å². The van der Waals surface area contributed by atoms with Crippen LogP contribution in [0.4, 0.5) is 5.69 Å². The number of methoxy groups -OCH3 is 1. The number of carbonyl (C=O) groups excluding carboxylic acids is 1. The number of rotatable bonds is 7. The molecule has 1 aromatic heterocycles. The fraction of sp³-hybridized carbons (Fsp3) is 0.438. The second kappa shape index (κ2) is 7.04. The van der Waals surface area contributed by atoms with Gasteiger partial charge in [-0.3, -0.25) is 4.79 Å². The first-order valence-corrected chi connectivity index (χ1v) is 9.66. The van der Waals surface area contributed by atoms with Crippen molar-refractivity contribution in [1.82, 2.24) is 19.5 Å². The summed E-state index contributed by atoms with van der Waals surface area (Å²) in [7, 11) is -2.35. The second-order valence-corrected chi connectivity index (χ2v) is 7.90. The van der Waals surface area contributed by atoms with Gasteiger partial charge in [0, 0.05) is 13.0 Å². The van der Waals surface area contributed by atoms with Crippen molar-refractivity contribution in [3.05, 3.63) is 29.8 Å². The van der Waals surface area contributed by atoms with Gasteiger partial charge < -0.3 is 14.6 Å². The Balaban J connectivity index is 1.81. The monoisotopic (exact) mass is 379 g/mol. The van der Waals surface area contributed by atoms with Crippen LogP contribution in [-0.4, -0.2) is 36.2 Å². The number of nitrogens with zero attached hydrogens (tertiary/aromatic N) is 3. The van der Waals surface area contributed by atoms with E-state index in [1.54, 1.807) is 0 Å². The molecule has 9 nitrogen and oxygen atoms in total. The highest BCUT2D eigenvalue weighted by atomic mass is 32.2. The minimum absolute atomic E-state index is 0.0243. The molecule has 0 aliphatic heterocycles. The minimum atomic E-state index is -3.79. The van der Waals surface area contributed by atoms with Crippen LogP contribution in [0.1, 0.15) is 37.5 Å². The van der Waals surface area contributed by atoms with E-state index in [9.17, 15) is 13.2 Å². The average molecular weight is 379 g/mol. The van der Waals surface area contributed by atoms with Crippen LogP contribution in [-0.2, 0) is 21.4 Å². The third-order valence-corrected chi connectivity index (χ3v) is 5.46. The number of hydrogen-bond donors (Lipinski definition) is 2. The van der Waals surface area contributed by atoms with Crippen molar-refractivity contribution < 1.29 is 17.9 Å². The molecule has 10 heteroatoms. The molecule has 2 N–H and O–H groups in total. The van der Waals surface area contributed by atoms with Crippen molar-refractivity contribution in [3.8, 4) is 5.75 Å². The average Bonchev–Trinajstić information content (AvgIpc) is 3.35.